The molecule has 3 rings (SSSR count). The van der Waals surface area contributed by atoms with Gasteiger partial charge < -0.3 is 9.64 Å². The number of nitrogens with zero attached hydrogens (tertiary/aromatic N) is 2. The summed E-state index contributed by atoms with van der Waals surface area (Å²) < 4.78 is 42.9. The van der Waals surface area contributed by atoms with Gasteiger partial charge in [0.1, 0.15) is 5.82 Å². The molecule has 0 N–H and O–H groups in total. The lowest BCUT2D eigenvalue weighted by molar-refractivity contribution is -0.141. The highest BCUT2D eigenvalue weighted by molar-refractivity contribution is 7.91. The van der Waals surface area contributed by atoms with Gasteiger partial charge >= 0.3 is 0 Å². The predicted molar refractivity (Wildman–Crippen MR) is 101 cm³/mol. The van der Waals surface area contributed by atoms with Gasteiger partial charge in [-0.25, -0.2) is 12.8 Å². The van der Waals surface area contributed by atoms with E-state index in [1.165, 1.54) is 12.1 Å². The van der Waals surface area contributed by atoms with Gasteiger partial charge in [0.15, 0.2) is 9.84 Å². The van der Waals surface area contributed by atoms with Crippen molar-refractivity contribution in [1.82, 2.24) is 9.80 Å². The second-order valence-electron chi connectivity index (χ2n) is 7.27. The number of carbonyl (C=O) groups excluding carboxylic acids is 1. The van der Waals surface area contributed by atoms with E-state index in [9.17, 15) is 17.6 Å². The number of halogens is 1. The second kappa shape index (κ2) is 8.24. The fourth-order valence-corrected chi connectivity index (χ4v) is 5.67. The molecule has 150 valence electrons. The maximum Gasteiger partial charge on any atom is 0.239 e. The Morgan fingerprint density at radius 3 is 2.85 bits per heavy atom. The van der Waals surface area contributed by atoms with Crippen molar-refractivity contribution >= 4 is 15.7 Å². The Morgan fingerprint density at radius 2 is 2.22 bits per heavy atom. The van der Waals surface area contributed by atoms with Crippen molar-refractivity contribution in [3.05, 3.63) is 35.6 Å². The average Bonchev–Trinajstić information content (AvgIpc) is 3.01. The van der Waals surface area contributed by atoms with E-state index in [4.69, 9.17) is 4.74 Å². The second-order valence-corrected chi connectivity index (χ2v) is 9.50. The Hall–Kier alpha value is -1.51. The van der Waals surface area contributed by atoms with E-state index < -0.39 is 9.84 Å². The Balaban J connectivity index is 1.68. The molecule has 6 nitrogen and oxygen atoms in total. The van der Waals surface area contributed by atoms with Crippen LogP contribution in [0.15, 0.2) is 24.3 Å². The van der Waals surface area contributed by atoms with Crippen LogP contribution in [0.2, 0.25) is 0 Å². The first kappa shape index (κ1) is 20.2. The highest BCUT2D eigenvalue weighted by atomic mass is 32.2. The highest BCUT2D eigenvalue weighted by Gasteiger charge is 2.37. The van der Waals surface area contributed by atoms with Crippen molar-refractivity contribution in [3.63, 3.8) is 0 Å². The zero-order chi connectivity index (χ0) is 19.6. The van der Waals surface area contributed by atoms with Crippen LogP contribution >= 0.6 is 0 Å². The van der Waals surface area contributed by atoms with Crippen molar-refractivity contribution in [2.24, 2.45) is 0 Å². The van der Waals surface area contributed by atoms with Crippen LogP contribution in [0.4, 0.5) is 4.39 Å². The van der Waals surface area contributed by atoms with E-state index in [1.54, 1.807) is 11.0 Å². The molecule has 0 aliphatic carbocycles. The minimum Gasteiger partial charge on any atom is -0.371 e. The topological polar surface area (TPSA) is 66.9 Å². The van der Waals surface area contributed by atoms with Gasteiger partial charge in [0.25, 0.3) is 0 Å². The van der Waals surface area contributed by atoms with E-state index >= 15 is 0 Å². The maximum absolute atomic E-state index is 13.5. The molecule has 0 spiro atoms. The summed E-state index contributed by atoms with van der Waals surface area (Å²) in [6.07, 6.45) is 0.218. The standard InChI is InChI=1S/C19H27FN2O4S/c1-3-22(17-7-10-27(24,25)13-17)19(23)14(2)21-8-9-26-18(12-21)15-5-4-6-16(20)11-15/h4-6,11,14,17-18H,3,7-10,12-13H2,1-2H3. The van der Waals surface area contributed by atoms with Gasteiger partial charge in [-0.2, -0.15) is 0 Å². The highest BCUT2D eigenvalue weighted by Crippen LogP contribution is 2.25. The van der Waals surface area contributed by atoms with Gasteiger partial charge in [0.2, 0.25) is 5.91 Å². The largest absolute Gasteiger partial charge is 0.371 e. The lowest BCUT2D eigenvalue weighted by Crippen LogP contribution is -2.53. The first-order chi connectivity index (χ1) is 12.8. The number of rotatable bonds is 5. The molecule has 1 aromatic rings. The quantitative estimate of drug-likeness (QED) is 0.754. The van der Waals surface area contributed by atoms with Crippen LogP contribution in [0, 0.1) is 5.82 Å². The van der Waals surface area contributed by atoms with Crippen LogP contribution in [0.5, 0.6) is 0 Å². The van der Waals surface area contributed by atoms with Gasteiger partial charge in [-0.15, -0.1) is 0 Å². The van der Waals surface area contributed by atoms with Crippen molar-refractivity contribution < 1.29 is 22.3 Å². The molecule has 2 aliphatic rings. The molecule has 1 aromatic carbocycles. The molecule has 2 saturated heterocycles. The van der Waals surface area contributed by atoms with Crippen LogP contribution in [0.3, 0.4) is 0 Å². The number of ether oxygens (including phenoxy) is 1. The molecule has 0 aromatic heterocycles. The van der Waals surface area contributed by atoms with E-state index in [1.807, 2.05) is 24.8 Å². The average molecular weight is 399 g/mol. The molecular formula is C19H27FN2O4S. The van der Waals surface area contributed by atoms with Gasteiger partial charge in [0.05, 0.1) is 30.3 Å². The third-order valence-corrected chi connectivity index (χ3v) is 7.25. The molecule has 2 heterocycles. The molecule has 8 heteroatoms. The zero-order valence-electron chi connectivity index (χ0n) is 15.8. The lowest BCUT2D eigenvalue weighted by Gasteiger charge is -2.39. The van der Waals surface area contributed by atoms with Gasteiger partial charge in [0, 0.05) is 25.7 Å². The van der Waals surface area contributed by atoms with Crippen LogP contribution in [-0.2, 0) is 19.4 Å². The molecule has 2 aliphatic heterocycles. The number of morpholine rings is 1. The summed E-state index contributed by atoms with van der Waals surface area (Å²) in [5.41, 5.74) is 0.758. The summed E-state index contributed by atoms with van der Waals surface area (Å²) in [5, 5.41) is 0. The Kier molecular flexibility index (Phi) is 6.18. The minimum atomic E-state index is -3.05. The summed E-state index contributed by atoms with van der Waals surface area (Å²) >= 11 is 0. The molecule has 3 unspecified atom stereocenters. The first-order valence-electron chi connectivity index (χ1n) is 9.42. The monoisotopic (exact) mass is 398 g/mol. The molecule has 0 bridgehead atoms. The summed E-state index contributed by atoms with van der Waals surface area (Å²) in [7, 11) is -3.05. The van der Waals surface area contributed by atoms with Crippen LogP contribution in [-0.4, -0.2) is 74.0 Å². The number of hydrogen-bond donors (Lipinski definition) is 0. The smallest absolute Gasteiger partial charge is 0.239 e. The van der Waals surface area contributed by atoms with Crippen molar-refractivity contribution in [2.45, 2.75) is 38.5 Å². The zero-order valence-corrected chi connectivity index (χ0v) is 16.6. The Labute approximate surface area is 160 Å². The molecule has 27 heavy (non-hydrogen) atoms. The summed E-state index contributed by atoms with van der Waals surface area (Å²) in [6, 6.07) is 5.71. The van der Waals surface area contributed by atoms with Gasteiger partial charge in [-0.1, -0.05) is 12.1 Å². The molecule has 2 fully saturated rings. The van der Waals surface area contributed by atoms with Crippen LogP contribution < -0.4 is 0 Å². The third-order valence-electron chi connectivity index (χ3n) is 5.50. The molecule has 3 atom stereocenters. The van der Waals surface area contributed by atoms with E-state index in [0.29, 0.717) is 32.7 Å². The van der Waals surface area contributed by atoms with Gasteiger partial charge in [-0.3, -0.25) is 9.69 Å². The number of amides is 1. The molecule has 0 saturated carbocycles. The maximum atomic E-state index is 13.5. The molecular weight excluding hydrogens is 371 g/mol. The van der Waals surface area contributed by atoms with Crippen molar-refractivity contribution in [1.29, 1.82) is 0 Å². The van der Waals surface area contributed by atoms with Crippen molar-refractivity contribution in [3.8, 4) is 0 Å². The third kappa shape index (κ3) is 4.67. The number of hydrogen-bond acceptors (Lipinski definition) is 5. The number of sulfone groups is 1. The molecule has 1 amide bonds. The van der Waals surface area contributed by atoms with Gasteiger partial charge in [-0.05, 0) is 38.0 Å². The summed E-state index contributed by atoms with van der Waals surface area (Å²) in [4.78, 5) is 16.8. The fourth-order valence-electron chi connectivity index (χ4n) is 3.94. The summed E-state index contributed by atoms with van der Waals surface area (Å²) in [6.45, 7) is 5.78. The SMILES string of the molecule is CCN(C(=O)C(C)N1CCOC(c2cccc(F)c2)C1)C1CCS(=O)(=O)C1. The Bertz CT molecular complexity index is 786. The number of likely N-dealkylation sites (N-methyl/N-ethyl adjacent to an activating group) is 1. The number of carbonyl (C=O) groups is 1. The fraction of sp³-hybridized carbons (Fsp3) is 0.632. The van der Waals surface area contributed by atoms with Crippen LogP contribution in [0.25, 0.3) is 0 Å². The first-order valence-corrected chi connectivity index (χ1v) is 11.2. The summed E-state index contributed by atoms with van der Waals surface area (Å²) in [5.74, 6) is -0.167. The van der Waals surface area contributed by atoms with E-state index in [0.717, 1.165) is 5.56 Å². The van der Waals surface area contributed by atoms with E-state index in [-0.39, 0.29) is 41.4 Å². The van der Waals surface area contributed by atoms with Crippen molar-refractivity contribution in [2.75, 3.05) is 37.7 Å². The number of benzene rings is 1. The molecule has 0 radical (unpaired) electrons. The predicted octanol–water partition coefficient (Wildman–Crippen LogP) is 1.62. The normalized spacial score (nSPS) is 26.6. The minimum absolute atomic E-state index is 0.0499. The van der Waals surface area contributed by atoms with Crippen LogP contribution in [0.1, 0.15) is 31.9 Å². The lowest BCUT2D eigenvalue weighted by atomic mass is 10.1. The van der Waals surface area contributed by atoms with E-state index in [2.05, 4.69) is 0 Å². The Morgan fingerprint density at radius 1 is 1.44 bits per heavy atom.